The number of thiazole rings is 1. The first-order valence-electron chi connectivity index (χ1n) is 14.2. The molecule has 15 heteroatoms. The summed E-state index contributed by atoms with van der Waals surface area (Å²) in [4.78, 5) is 33.8. The lowest BCUT2D eigenvalue weighted by Crippen LogP contribution is -2.50. The third-order valence-electron chi connectivity index (χ3n) is 7.25. The molecule has 234 valence electrons. The fourth-order valence-corrected chi connectivity index (χ4v) is 8.14. The van der Waals surface area contributed by atoms with Crippen molar-refractivity contribution in [2.45, 2.75) is 30.6 Å². The lowest BCUT2D eigenvalue weighted by molar-refractivity contribution is 0.184. The topological polar surface area (TPSA) is 146 Å². The number of hydrogen-bond acceptors (Lipinski definition) is 12. The molecule has 1 saturated heterocycles. The van der Waals surface area contributed by atoms with Crippen LogP contribution in [0.3, 0.4) is 0 Å². The van der Waals surface area contributed by atoms with E-state index in [0.717, 1.165) is 51.4 Å². The smallest absolute Gasteiger partial charge is 0.413 e. The maximum absolute atomic E-state index is 13.4. The number of nitrogens with one attached hydrogen (secondary N) is 2. The Balaban J connectivity index is 1.22. The van der Waals surface area contributed by atoms with E-state index in [1.165, 1.54) is 11.4 Å². The summed E-state index contributed by atoms with van der Waals surface area (Å²) in [5.74, 6) is 0.750. The van der Waals surface area contributed by atoms with E-state index >= 15 is 0 Å². The van der Waals surface area contributed by atoms with Gasteiger partial charge in [0, 0.05) is 68.0 Å². The van der Waals surface area contributed by atoms with E-state index in [0.29, 0.717) is 38.4 Å². The molecular weight excluding hydrogens is 603 g/mol. The number of piperazine rings is 1. The number of para-hydroxylation sites is 1. The fourth-order valence-electron chi connectivity index (χ4n) is 5.19. The molecule has 1 aromatic carbocycles. The molecule has 3 aromatic heterocycles. The normalized spacial score (nSPS) is 15.4. The summed E-state index contributed by atoms with van der Waals surface area (Å²) in [5.41, 5.74) is 4.18. The van der Waals surface area contributed by atoms with Crippen molar-refractivity contribution < 1.29 is 17.9 Å². The minimum atomic E-state index is -3.74. The van der Waals surface area contributed by atoms with Crippen molar-refractivity contribution in [2.24, 2.45) is 0 Å². The van der Waals surface area contributed by atoms with Crippen LogP contribution in [0, 0.1) is 6.92 Å². The number of aromatic nitrogens is 4. The molecule has 0 bridgehead atoms. The summed E-state index contributed by atoms with van der Waals surface area (Å²) < 4.78 is 32.9. The number of benzene rings is 1. The zero-order chi connectivity index (χ0) is 31.4. The lowest BCUT2D eigenvalue weighted by atomic mass is 10.0. The van der Waals surface area contributed by atoms with Crippen LogP contribution < -0.4 is 10.6 Å². The highest BCUT2D eigenvalue weighted by Crippen LogP contribution is 2.31. The monoisotopic (exact) mass is 639 g/mol. The second-order valence-corrected chi connectivity index (χ2v) is 14.1. The largest absolute Gasteiger partial charge is 0.453 e. The van der Waals surface area contributed by atoms with E-state index in [1.807, 2.05) is 44.6 Å². The summed E-state index contributed by atoms with van der Waals surface area (Å²) >= 11 is 0.926. The number of carbonyl (C=O) groups excluding carboxylic acids is 1. The average Bonchev–Trinajstić information content (AvgIpc) is 3.37. The van der Waals surface area contributed by atoms with Crippen molar-refractivity contribution >= 4 is 49.3 Å². The molecule has 0 spiro atoms. The summed E-state index contributed by atoms with van der Waals surface area (Å²) in [6.07, 6.45) is 2.77. The van der Waals surface area contributed by atoms with Gasteiger partial charge in [-0.3, -0.25) is 15.2 Å². The third kappa shape index (κ3) is 7.13. The highest BCUT2D eigenvalue weighted by atomic mass is 32.2. The highest BCUT2D eigenvalue weighted by Gasteiger charge is 2.32. The lowest BCUT2D eigenvalue weighted by Gasteiger charge is -2.35. The predicted octanol–water partition coefficient (Wildman–Crippen LogP) is 3.50. The molecule has 4 aromatic rings. The molecule has 1 atom stereocenters. The first-order valence-corrected chi connectivity index (χ1v) is 16.5. The first kappa shape index (κ1) is 31.7. The molecule has 1 aliphatic rings. The molecule has 1 unspecified atom stereocenters. The van der Waals surface area contributed by atoms with Crippen LogP contribution >= 0.6 is 11.3 Å². The number of rotatable bonds is 10. The number of pyridine rings is 1. The van der Waals surface area contributed by atoms with Crippen LogP contribution in [0.4, 0.5) is 15.7 Å². The molecule has 0 saturated carbocycles. The average molecular weight is 640 g/mol. The fraction of sp³-hybridized carbons (Fsp3) is 0.414. The maximum atomic E-state index is 13.4. The van der Waals surface area contributed by atoms with E-state index in [1.54, 1.807) is 13.3 Å². The molecule has 0 radical (unpaired) electrons. The second-order valence-electron chi connectivity index (χ2n) is 11.0. The Kier molecular flexibility index (Phi) is 9.70. The van der Waals surface area contributed by atoms with Gasteiger partial charge in [-0.05, 0) is 40.1 Å². The van der Waals surface area contributed by atoms with Gasteiger partial charge >= 0.3 is 6.09 Å². The minimum absolute atomic E-state index is 0.0441. The van der Waals surface area contributed by atoms with Gasteiger partial charge in [0.05, 0.1) is 24.0 Å². The van der Waals surface area contributed by atoms with Gasteiger partial charge in [0.1, 0.15) is 12.1 Å². The Morgan fingerprint density at radius 2 is 1.89 bits per heavy atom. The Morgan fingerprint density at radius 1 is 1.11 bits per heavy atom. The van der Waals surface area contributed by atoms with Crippen molar-refractivity contribution in [1.82, 2.24) is 34.0 Å². The van der Waals surface area contributed by atoms with Crippen LogP contribution in [0.15, 0.2) is 47.1 Å². The Morgan fingerprint density at radius 3 is 2.57 bits per heavy atom. The van der Waals surface area contributed by atoms with Crippen molar-refractivity contribution in [2.75, 3.05) is 64.6 Å². The van der Waals surface area contributed by atoms with Crippen molar-refractivity contribution in [3.63, 3.8) is 0 Å². The first-order chi connectivity index (χ1) is 21.0. The number of aryl methyl sites for hydroxylation is 1. The molecule has 1 aliphatic heterocycles. The number of sulfonamides is 1. The van der Waals surface area contributed by atoms with E-state index in [4.69, 9.17) is 0 Å². The van der Waals surface area contributed by atoms with Gasteiger partial charge in [-0.15, -0.1) is 0 Å². The molecular formula is C29H37N9O4S2. The summed E-state index contributed by atoms with van der Waals surface area (Å²) in [5, 5.41) is 7.09. The summed E-state index contributed by atoms with van der Waals surface area (Å²) in [6, 6.07) is 10.2. The number of ether oxygens (including phenoxy) is 1. The molecule has 44 heavy (non-hydrogen) atoms. The molecule has 1 amide bonds. The van der Waals surface area contributed by atoms with Gasteiger partial charge in [0.2, 0.25) is 0 Å². The van der Waals surface area contributed by atoms with Gasteiger partial charge in [0.25, 0.3) is 10.0 Å². The quantitative estimate of drug-likeness (QED) is 0.263. The van der Waals surface area contributed by atoms with Crippen LogP contribution in [0.2, 0.25) is 0 Å². The SMILES string of the molecule is COC(=O)Nc1nc(C)c(S(=O)(=O)N2CCN(CC(C)Nc3ncnc4c(-c5ccc(CN(C)C)nc5)cccc34)CC2)s1. The van der Waals surface area contributed by atoms with Gasteiger partial charge in [-0.1, -0.05) is 29.5 Å². The van der Waals surface area contributed by atoms with Crippen LogP contribution in [0.25, 0.3) is 22.0 Å². The van der Waals surface area contributed by atoms with E-state index in [-0.39, 0.29) is 15.4 Å². The van der Waals surface area contributed by atoms with Gasteiger partial charge < -0.3 is 15.0 Å². The number of anilines is 2. The van der Waals surface area contributed by atoms with E-state index < -0.39 is 16.1 Å². The van der Waals surface area contributed by atoms with Crippen molar-refractivity contribution in [3.05, 3.63) is 54.2 Å². The number of fused-ring (bicyclic) bond motifs is 1. The van der Waals surface area contributed by atoms with Crippen LogP contribution in [-0.2, 0) is 21.3 Å². The van der Waals surface area contributed by atoms with Crippen LogP contribution in [0.5, 0.6) is 0 Å². The summed E-state index contributed by atoms with van der Waals surface area (Å²) in [6.45, 7) is 7.07. The standard InChI is InChI=1S/C29H37N9O4S2/c1-19(16-37-11-13-38(14-12-37)44(40,41)27-20(2)34-28(43-27)35-29(39)42-5)33-26-24-8-6-7-23(25(24)31-18-32-26)21-9-10-22(30-15-21)17-36(3)4/h6-10,15,18-19H,11-14,16-17H2,1-5H3,(H,31,32,33)(H,34,35,39). The molecule has 4 heterocycles. The molecule has 0 aliphatic carbocycles. The van der Waals surface area contributed by atoms with Crippen molar-refractivity contribution in [1.29, 1.82) is 0 Å². The predicted molar refractivity (Wildman–Crippen MR) is 171 cm³/mol. The number of methoxy groups -OCH3 is 1. The van der Waals surface area contributed by atoms with E-state index in [2.05, 4.69) is 58.1 Å². The number of amides is 1. The molecule has 13 nitrogen and oxygen atoms in total. The van der Waals surface area contributed by atoms with Gasteiger partial charge in [-0.2, -0.15) is 4.31 Å². The van der Waals surface area contributed by atoms with Gasteiger partial charge in [-0.25, -0.2) is 28.2 Å². The number of nitrogens with zero attached hydrogens (tertiary/aromatic N) is 7. The van der Waals surface area contributed by atoms with Crippen LogP contribution in [0.1, 0.15) is 18.3 Å². The molecule has 5 rings (SSSR count). The summed E-state index contributed by atoms with van der Waals surface area (Å²) in [7, 11) is 1.53. The highest BCUT2D eigenvalue weighted by molar-refractivity contribution is 7.91. The van der Waals surface area contributed by atoms with E-state index in [9.17, 15) is 13.2 Å². The van der Waals surface area contributed by atoms with Crippen LogP contribution in [-0.4, -0.2) is 109 Å². The van der Waals surface area contributed by atoms with Gasteiger partial charge in [0.15, 0.2) is 9.34 Å². The molecule has 1 fully saturated rings. The molecule has 2 N–H and O–H groups in total. The Bertz CT molecular complexity index is 1720. The third-order valence-corrected chi connectivity index (χ3v) is 10.8. The minimum Gasteiger partial charge on any atom is -0.453 e. The second kappa shape index (κ2) is 13.5. The maximum Gasteiger partial charge on any atom is 0.413 e. The number of hydrogen-bond donors (Lipinski definition) is 2. The zero-order valence-electron chi connectivity index (χ0n) is 25.4. The Labute approximate surface area is 261 Å². The Hall–Kier alpha value is -3.76. The number of carbonyl (C=O) groups is 1. The zero-order valence-corrected chi connectivity index (χ0v) is 27.1. The van der Waals surface area contributed by atoms with Crippen molar-refractivity contribution in [3.8, 4) is 11.1 Å².